The lowest BCUT2D eigenvalue weighted by Gasteiger charge is -2.18. The molecule has 0 heterocycles. The van der Waals surface area contributed by atoms with Crippen LogP contribution in [0, 0.1) is 0 Å². The van der Waals surface area contributed by atoms with Gasteiger partial charge in [-0.3, -0.25) is 9.11 Å². The van der Waals surface area contributed by atoms with Crippen LogP contribution in [0.3, 0.4) is 0 Å². The zero-order valence-electron chi connectivity index (χ0n) is 14.2. The highest BCUT2D eigenvalue weighted by atomic mass is 32.2. The smallest absolute Gasteiger partial charge is 0.261 e. The Morgan fingerprint density at radius 1 is 0.615 bits per heavy atom. The second-order valence-electron chi connectivity index (χ2n) is 5.18. The summed E-state index contributed by atoms with van der Waals surface area (Å²) in [6.07, 6.45) is -0.341. The molecule has 4 N–H and O–H groups in total. The molecule has 8 nitrogen and oxygen atoms in total. The van der Waals surface area contributed by atoms with Crippen molar-refractivity contribution in [3.63, 3.8) is 0 Å². The van der Waals surface area contributed by atoms with Crippen molar-refractivity contribution in [2.24, 2.45) is 0 Å². The van der Waals surface area contributed by atoms with Crippen molar-refractivity contribution >= 4 is 20.2 Å². The topological polar surface area (TPSA) is 149 Å². The number of rotatable bonds is 3. The zero-order valence-corrected chi connectivity index (χ0v) is 15.8. The molecule has 0 amide bonds. The number of aliphatic hydroxyl groups excluding tert-OH is 2. The summed E-state index contributed by atoms with van der Waals surface area (Å²) in [7, 11) is -7.33. The third-order valence-electron chi connectivity index (χ3n) is 2.58. The largest absolute Gasteiger partial charge is 0.385 e. The van der Waals surface area contributed by atoms with E-state index in [4.69, 9.17) is 9.11 Å². The molecule has 10 heteroatoms. The predicted molar refractivity (Wildman–Crippen MR) is 97.7 cm³/mol. The number of aliphatic hydroxyl groups is 2. The highest BCUT2D eigenvalue weighted by Gasteiger charge is 2.19. The van der Waals surface area contributed by atoms with Crippen molar-refractivity contribution in [3.05, 3.63) is 71.8 Å². The lowest BCUT2D eigenvalue weighted by atomic mass is 9.99. The van der Waals surface area contributed by atoms with E-state index in [1.165, 1.54) is 0 Å². The minimum atomic E-state index is -3.67. The van der Waals surface area contributed by atoms with Gasteiger partial charge in [0, 0.05) is 0 Å². The van der Waals surface area contributed by atoms with Crippen LogP contribution in [-0.2, 0) is 20.2 Å². The molecular weight excluding hydrogens is 384 g/mol. The summed E-state index contributed by atoms with van der Waals surface area (Å²) in [6.45, 7) is 0. The summed E-state index contributed by atoms with van der Waals surface area (Å²) < 4.78 is 51.7. The Balaban J connectivity index is 0.000000520. The van der Waals surface area contributed by atoms with Crippen LogP contribution in [0.25, 0.3) is 0 Å². The molecule has 0 spiro atoms. The maximum absolute atomic E-state index is 9.99. The predicted octanol–water partition coefficient (Wildman–Crippen LogP) is 1.46. The van der Waals surface area contributed by atoms with E-state index in [9.17, 15) is 27.0 Å². The standard InChI is InChI=1S/C14H14O2.2CH4O3S/c15-13(11-7-3-1-4-8-11)14(16)12-9-5-2-6-10-12;2*1-5(2,3)4/h1-10,13-16H;2*1H3,(H,2,3,4). The van der Waals surface area contributed by atoms with Gasteiger partial charge in [-0.15, -0.1) is 0 Å². The molecule has 0 saturated carbocycles. The van der Waals surface area contributed by atoms with Crippen LogP contribution in [-0.4, -0.2) is 48.7 Å². The summed E-state index contributed by atoms with van der Waals surface area (Å²) in [5, 5.41) is 20.0. The molecule has 2 aromatic rings. The Bertz CT molecular complexity index is 745. The fraction of sp³-hybridized carbons (Fsp3) is 0.250. The van der Waals surface area contributed by atoms with Gasteiger partial charge in [0.15, 0.2) is 0 Å². The van der Waals surface area contributed by atoms with E-state index in [1.54, 1.807) is 24.3 Å². The lowest BCUT2D eigenvalue weighted by molar-refractivity contribution is 0.0172. The van der Waals surface area contributed by atoms with Gasteiger partial charge in [0.05, 0.1) is 12.5 Å². The summed E-state index contributed by atoms with van der Waals surface area (Å²) in [5.41, 5.74) is 1.44. The van der Waals surface area contributed by atoms with Gasteiger partial charge >= 0.3 is 0 Å². The second kappa shape index (κ2) is 11.0. The molecule has 0 aliphatic rings. The van der Waals surface area contributed by atoms with Gasteiger partial charge in [-0.05, 0) is 11.1 Å². The Morgan fingerprint density at radius 2 is 0.808 bits per heavy atom. The maximum Gasteiger partial charge on any atom is 0.261 e. The molecule has 26 heavy (non-hydrogen) atoms. The first-order valence-electron chi connectivity index (χ1n) is 7.10. The van der Waals surface area contributed by atoms with Crippen molar-refractivity contribution < 1.29 is 36.2 Å². The summed E-state index contributed by atoms with van der Waals surface area (Å²) in [5.74, 6) is 0. The van der Waals surface area contributed by atoms with Crippen molar-refractivity contribution in [1.29, 1.82) is 0 Å². The molecule has 2 unspecified atom stereocenters. The van der Waals surface area contributed by atoms with Crippen molar-refractivity contribution in [2.45, 2.75) is 12.2 Å². The van der Waals surface area contributed by atoms with Gasteiger partial charge in [0.2, 0.25) is 0 Å². The summed E-state index contributed by atoms with van der Waals surface area (Å²) in [4.78, 5) is 0. The molecule has 0 aliphatic heterocycles. The first-order chi connectivity index (χ1) is 11.8. The van der Waals surface area contributed by atoms with Crippen molar-refractivity contribution in [2.75, 3.05) is 12.5 Å². The van der Waals surface area contributed by atoms with E-state index >= 15 is 0 Å². The molecule has 2 atom stereocenters. The third kappa shape index (κ3) is 14.5. The molecule has 0 radical (unpaired) electrons. The highest BCUT2D eigenvalue weighted by molar-refractivity contribution is 7.85. The van der Waals surface area contributed by atoms with E-state index in [1.807, 2.05) is 36.4 Å². The normalized spacial score (nSPS) is 13.3. The molecule has 0 aliphatic carbocycles. The first kappa shape index (κ1) is 24.2. The summed E-state index contributed by atoms with van der Waals surface area (Å²) >= 11 is 0. The van der Waals surface area contributed by atoms with Crippen LogP contribution in [0.5, 0.6) is 0 Å². The van der Waals surface area contributed by atoms with Gasteiger partial charge in [-0.1, -0.05) is 60.7 Å². The average Bonchev–Trinajstić information content (AvgIpc) is 2.52. The number of hydrogen-bond acceptors (Lipinski definition) is 6. The molecule has 0 aromatic heterocycles. The third-order valence-corrected chi connectivity index (χ3v) is 2.58. The fourth-order valence-corrected chi connectivity index (χ4v) is 1.67. The van der Waals surface area contributed by atoms with Crippen LogP contribution < -0.4 is 0 Å². The monoisotopic (exact) mass is 406 g/mol. The summed E-state index contributed by atoms with van der Waals surface area (Å²) in [6, 6.07) is 18.3. The van der Waals surface area contributed by atoms with E-state index in [0.717, 1.165) is 11.1 Å². The average molecular weight is 406 g/mol. The Hall–Kier alpha value is -1.82. The highest BCUT2D eigenvalue weighted by Crippen LogP contribution is 2.27. The minimum Gasteiger partial charge on any atom is -0.385 e. The van der Waals surface area contributed by atoms with Gasteiger partial charge in [0.1, 0.15) is 12.2 Å². The number of hydrogen-bond donors (Lipinski definition) is 4. The van der Waals surface area contributed by atoms with Gasteiger partial charge in [-0.25, -0.2) is 0 Å². The van der Waals surface area contributed by atoms with E-state index in [-0.39, 0.29) is 0 Å². The fourth-order valence-electron chi connectivity index (χ4n) is 1.67. The quantitative estimate of drug-likeness (QED) is 0.560. The van der Waals surface area contributed by atoms with Gasteiger partial charge in [-0.2, -0.15) is 16.8 Å². The molecule has 0 bridgehead atoms. The van der Waals surface area contributed by atoms with E-state index in [0.29, 0.717) is 12.5 Å². The molecule has 0 fully saturated rings. The van der Waals surface area contributed by atoms with Crippen LogP contribution in [0.15, 0.2) is 60.7 Å². The molecule has 146 valence electrons. The minimum absolute atomic E-state index is 0.715. The zero-order chi connectivity index (χ0) is 20.4. The van der Waals surface area contributed by atoms with Gasteiger partial charge < -0.3 is 10.2 Å². The molecular formula is C16H22O8S2. The second-order valence-corrected chi connectivity index (χ2v) is 8.11. The van der Waals surface area contributed by atoms with Crippen LogP contribution in [0.2, 0.25) is 0 Å². The lowest BCUT2D eigenvalue weighted by Crippen LogP contribution is -2.09. The molecule has 2 aromatic carbocycles. The van der Waals surface area contributed by atoms with E-state index in [2.05, 4.69) is 0 Å². The Morgan fingerprint density at radius 3 is 1.00 bits per heavy atom. The Labute approximate surface area is 153 Å². The van der Waals surface area contributed by atoms with Crippen LogP contribution >= 0.6 is 0 Å². The van der Waals surface area contributed by atoms with Crippen molar-refractivity contribution in [3.8, 4) is 0 Å². The van der Waals surface area contributed by atoms with Gasteiger partial charge in [0.25, 0.3) is 20.2 Å². The maximum atomic E-state index is 9.99. The SMILES string of the molecule is CS(=O)(=O)O.CS(=O)(=O)O.OC(c1ccccc1)C(O)c1ccccc1. The number of benzene rings is 2. The first-order valence-corrected chi connectivity index (χ1v) is 10.8. The van der Waals surface area contributed by atoms with Crippen molar-refractivity contribution in [1.82, 2.24) is 0 Å². The molecule has 2 rings (SSSR count). The van der Waals surface area contributed by atoms with Crippen LogP contribution in [0.4, 0.5) is 0 Å². The Kier molecular flexibility index (Phi) is 10.2. The van der Waals surface area contributed by atoms with E-state index < -0.39 is 32.4 Å². The van der Waals surface area contributed by atoms with Crippen LogP contribution in [0.1, 0.15) is 23.3 Å². The molecule has 0 saturated heterocycles.